The van der Waals surface area contributed by atoms with Gasteiger partial charge in [-0.15, -0.1) is 5.10 Å². The topological polar surface area (TPSA) is 71.8 Å². The van der Waals surface area contributed by atoms with E-state index in [9.17, 15) is 4.79 Å². The summed E-state index contributed by atoms with van der Waals surface area (Å²) in [6.45, 7) is 4.02. The third kappa shape index (κ3) is 3.90. The molecule has 0 fully saturated rings. The van der Waals surface area contributed by atoms with E-state index in [0.29, 0.717) is 11.5 Å². The Morgan fingerprint density at radius 3 is 2.47 bits per heavy atom. The van der Waals surface area contributed by atoms with Crippen molar-refractivity contribution in [1.29, 1.82) is 0 Å². The molecule has 1 amide bonds. The van der Waals surface area contributed by atoms with Gasteiger partial charge >= 0.3 is 0 Å². The molecule has 4 aromatic rings. The Balaban J connectivity index is 1.50. The van der Waals surface area contributed by atoms with E-state index in [0.717, 1.165) is 22.4 Å². The first kappa shape index (κ1) is 19.8. The second-order valence-electron chi connectivity index (χ2n) is 7.95. The maximum Gasteiger partial charge on any atom is 0.258 e. The maximum absolute atomic E-state index is 12.7. The quantitative estimate of drug-likeness (QED) is 0.475. The number of carbonyl (C=O) groups is 1. The van der Waals surface area contributed by atoms with Crippen molar-refractivity contribution in [3.8, 4) is 0 Å². The Morgan fingerprint density at radius 1 is 0.938 bits per heavy atom. The van der Waals surface area contributed by atoms with E-state index in [4.69, 9.17) is 0 Å². The molecule has 1 aromatic heterocycles. The summed E-state index contributed by atoms with van der Waals surface area (Å²) in [5.41, 5.74) is 5.90. The number of aromatic nitrogens is 3. The molecule has 0 unspecified atom stereocenters. The SMILES string of the molecule is Cc1ccc(C2=C[C@H](c3ccccc3)n3nc(NC(=O)c4cccc(C)c4)nc3N2)cc1. The van der Waals surface area contributed by atoms with Crippen LogP contribution < -0.4 is 10.6 Å². The lowest BCUT2D eigenvalue weighted by molar-refractivity contribution is 0.102. The first-order chi connectivity index (χ1) is 15.6. The molecule has 1 aliphatic rings. The number of hydrogen-bond donors (Lipinski definition) is 2. The highest BCUT2D eigenvalue weighted by Crippen LogP contribution is 2.33. The van der Waals surface area contributed by atoms with E-state index in [2.05, 4.69) is 70.1 Å². The van der Waals surface area contributed by atoms with Crippen LogP contribution in [0.15, 0.2) is 84.9 Å². The Labute approximate surface area is 186 Å². The van der Waals surface area contributed by atoms with Gasteiger partial charge in [0.1, 0.15) is 6.04 Å². The van der Waals surface area contributed by atoms with Crippen molar-refractivity contribution >= 4 is 23.5 Å². The van der Waals surface area contributed by atoms with Crippen LogP contribution in [0.1, 0.15) is 38.7 Å². The summed E-state index contributed by atoms with van der Waals surface area (Å²) in [4.78, 5) is 17.3. The summed E-state index contributed by atoms with van der Waals surface area (Å²) in [6, 6.07) is 25.8. The molecule has 6 nitrogen and oxygen atoms in total. The summed E-state index contributed by atoms with van der Waals surface area (Å²) in [5, 5.41) is 10.8. The highest BCUT2D eigenvalue weighted by Gasteiger charge is 2.25. The van der Waals surface area contributed by atoms with Gasteiger partial charge in [-0.3, -0.25) is 10.1 Å². The van der Waals surface area contributed by atoms with Crippen molar-refractivity contribution < 1.29 is 4.79 Å². The summed E-state index contributed by atoms with van der Waals surface area (Å²) >= 11 is 0. The van der Waals surface area contributed by atoms with Crippen LogP contribution in [-0.2, 0) is 0 Å². The monoisotopic (exact) mass is 421 g/mol. The van der Waals surface area contributed by atoms with Crippen LogP contribution in [0.4, 0.5) is 11.9 Å². The van der Waals surface area contributed by atoms with Crippen molar-refractivity contribution in [3.05, 3.63) is 113 Å². The van der Waals surface area contributed by atoms with E-state index in [1.165, 1.54) is 5.56 Å². The van der Waals surface area contributed by atoms with Gasteiger partial charge in [-0.2, -0.15) is 4.98 Å². The van der Waals surface area contributed by atoms with Gasteiger partial charge < -0.3 is 5.32 Å². The second kappa shape index (κ2) is 8.15. The molecular formula is C26H23N5O. The lowest BCUT2D eigenvalue weighted by Crippen LogP contribution is -2.20. The lowest BCUT2D eigenvalue weighted by Gasteiger charge is -2.24. The zero-order valence-electron chi connectivity index (χ0n) is 17.9. The van der Waals surface area contributed by atoms with Crippen LogP contribution in [0.3, 0.4) is 0 Å². The molecule has 0 saturated heterocycles. The number of nitrogens with zero attached hydrogens (tertiary/aromatic N) is 3. The molecule has 2 N–H and O–H groups in total. The standard InChI is InChI=1S/C26H23N5O/c1-17-11-13-19(14-12-17)22-16-23(20-8-4-3-5-9-20)31-26(27-22)29-25(30-31)28-24(32)21-10-6-7-18(2)15-21/h3-16,23H,1-2H3,(H2,27,28,29,30,32)/t23-/m1/s1. The minimum absolute atomic E-state index is 0.152. The molecule has 0 bridgehead atoms. The van der Waals surface area contributed by atoms with E-state index in [-0.39, 0.29) is 17.9 Å². The molecule has 6 heteroatoms. The van der Waals surface area contributed by atoms with E-state index in [1.807, 2.05) is 43.3 Å². The number of rotatable bonds is 4. The van der Waals surface area contributed by atoms with Gasteiger partial charge in [0.25, 0.3) is 11.9 Å². The molecule has 32 heavy (non-hydrogen) atoms. The van der Waals surface area contributed by atoms with Crippen LogP contribution in [-0.4, -0.2) is 20.7 Å². The Kier molecular flexibility index (Phi) is 5.03. The van der Waals surface area contributed by atoms with Gasteiger partial charge in [-0.1, -0.05) is 77.9 Å². The maximum atomic E-state index is 12.7. The van der Waals surface area contributed by atoms with E-state index >= 15 is 0 Å². The van der Waals surface area contributed by atoms with Crippen LogP contribution >= 0.6 is 0 Å². The van der Waals surface area contributed by atoms with Gasteiger partial charge in [0.05, 0.1) is 0 Å². The van der Waals surface area contributed by atoms with Gasteiger partial charge in [0, 0.05) is 11.3 Å². The van der Waals surface area contributed by atoms with Crippen LogP contribution in [0.25, 0.3) is 5.70 Å². The van der Waals surface area contributed by atoms with Crippen LogP contribution in [0, 0.1) is 13.8 Å². The zero-order chi connectivity index (χ0) is 22.1. The van der Waals surface area contributed by atoms with Crippen molar-refractivity contribution in [3.63, 3.8) is 0 Å². The molecule has 0 aliphatic carbocycles. The minimum Gasteiger partial charge on any atom is -0.324 e. The zero-order valence-corrected chi connectivity index (χ0v) is 17.9. The molecule has 0 spiro atoms. The van der Waals surface area contributed by atoms with Gasteiger partial charge in [0.2, 0.25) is 5.95 Å². The first-order valence-corrected chi connectivity index (χ1v) is 10.5. The van der Waals surface area contributed by atoms with E-state index < -0.39 is 0 Å². The second-order valence-corrected chi connectivity index (χ2v) is 7.95. The molecule has 1 aliphatic heterocycles. The number of hydrogen-bond acceptors (Lipinski definition) is 4. The third-order valence-corrected chi connectivity index (χ3v) is 5.48. The number of anilines is 2. The Morgan fingerprint density at radius 2 is 1.72 bits per heavy atom. The highest BCUT2D eigenvalue weighted by atomic mass is 16.1. The molecule has 2 heterocycles. The number of fused-ring (bicyclic) bond motifs is 1. The molecule has 158 valence electrons. The average molecular weight is 422 g/mol. The lowest BCUT2D eigenvalue weighted by atomic mass is 10.0. The van der Waals surface area contributed by atoms with Gasteiger partial charge in [0.15, 0.2) is 0 Å². The van der Waals surface area contributed by atoms with E-state index in [1.54, 1.807) is 10.7 Å². The summed E-state index contributed by atoms with van der Waals surface area (Å²) < 4.78 is 1.80. The summed E-state index contributed by atoms with van der Waals surface area (Å²) in [5.74, 6) is 0.606. The largest absolute Gasteiger partial charge is 0.324 e. The fourth-order valence-corrected chi connectivity index (χ4v) is 3.80. The summed E-state index contributed by atoms with van der Waals surface area (Å²) in [7, 11) is 0. The van der Waals surface area contributed by atoms with Crippen molar-refractivity contribution in [2.75, 3.05) is 10.6 Å². The van der Waals surface area contributed by atoms with Crippen LogP contribution in [0.2, 0.25) is 0 Å². The molecule has 3 aromatic carbocycles. The van der Waals surface area contributed by atoms with Crippen molar-refractivity contribution in [1.82, 2.24) is 14.8 Å². The fourth-order valence-electron chi connectivity index (χ4n) is 3.80. The van der Waals surface area contributed by atoms with Crippen molar-refractivity contribution in [2.24, 2.45) is 0 Å². The molecule has 1 atom stereocenters. The van der Waals surface area contributed by atoms with Crippen molar-refractivity contribution in [2.45, 2.75) is 19.9 Å². The molecule has 0 radical (unpaired) electrons. The Bertz CT molecular complexity index is 1310. The average Bonchev–Trinajstić information content (AvgIpc) is 3.21. The number of aryl methyl sites for hydroxylation is 2. The number of amides is 1. The predicted octanol–water partition coefficient (Wildman–Crippen LogP) is 5.20. The van der Waals surface area contributed by atoms with Gasteiger partial charge in [-0.25, -0.2) is 4.68 Å². The van der Waals surface area contributed by atoms with Gasteiger partial charge in [-0.05, 0) is 43.2 Å². The fraction of sp³-hybridized carbons (Fsp3) is 0.115. The first-order valence-electron chi connectivity index (χ1n) is 10.5. The number of allylic oxidation sites excluding steroid dienone is 1. The Hall–Kier alpha value is -4.19. The summed E-state index contributed by atoms with van der Waals surface area (Å²) in [6.07, 6.45) is 2.13. The number of carbonyl (C=O) groups excluding carboxylic acids is 1. The highest BCUT2D eigenvalue weighted by molar-refractivity contribution is 6.03. The molecule has 5 rings (SSSR count). The number of benzene rings is 3. The molecular weight excluding hydrogens is 398 g/mol. The molecule has 0 saturated carbocycles. The normalized spacial score (nSPS) is 14.8. The van der Waals surface area contributed by atoms with Crippen LogP contribution in [0.5, 0.6) is 0 Å². The smallest absolute Gasteiger partial charge is 0.258 e. The minimum atomic E-state index is -0.236. The predicted molar refractivity (Wildman–Crippen MR) is 127 cm³/mol. The number of nitrogens with one attached hydrogen (secondary N) is 2. The third-order valence-electron chi connectivity index (χ3n) is 5.48.